The summed E-state index contributed by atoms with van der Waals surface area (Å²) in [6, 6.07) is 14.7. The summed E-state index contributed by atoms with van der Waals surface area (Å²) in [5, 5.41) is 22.3. The molecule has 0 saturated carbocycles. The summed E-state index contributed by atoms with van der Waals surface area (Å²) in [4.78, 5) is 0. The normalized spacial score (nSPS) is 10.8. The third-order valence-electron chi connectivity index (χ3n) is 3.98. The second-order valence-corrected chi connectivity index (χ2v) is 5.85. The summed E-state index contributed by atoms with van der Waals surface area (Å²) in [5.41, 5.74) is 3.46. The summed E-state index contributed by atoms with van der Waals surface area (Å²) >= 11 is 0. The average molecular weight is 347 g/mol. The summed E-state index contributed by atoms with van der Waals surface area (Å²) < 4.78 is 8.79. The van der Waals surface area contributed by atoms with Crippen LogP contribution in [0.1, 0.15) is 5.56 Å². The highest BCUT2D eigenvalue weighted by molar-refractivity contribution is 5.59. The van der Waals surface area contributed by atoms with E-state index in [1.165, 1.54) is 0 Å². The molecule has 2 heterocycles. The molecule has 0 radical (unpaired) electrons. The molecule has 0 amide bonds. The highest BCUT2D eigenvalue weighted by atomic mass is 16.5. The van der Waals surface area contributed by atoms with Crippen LogP contribution in [0.5, 0.6) is 11.5 Å². The van der Waals surface area contributed by atoms with Crippen LogP contribution in [0.15, 0.2) is 67.1 Å². The number of rotatable bonds is 5. The zero-order valence-corrected chi connectivity index (χ0v) is 14.1. The Morgan fingerprint density at radius 2 is 1.96 bits per heavy atom. The van der Waals surface area contributed by atoms with E-state index in [0.717, 1.165) is 22.6 Å². The summed E-state index contributed by atoms with van der Waals surface area (Å²) in [5.74, 6) is 0.989. The Hall–Kier alpha value is -3.61. The van der Waals surface area contributed by atoms with Gasteiger partial charge in [-0.05, 0) is 24.3 Å². The number of phenolic OH excluding ortho intramolecular Hbond substituents is 1. The monoisotopic (exact) mass is 347 g/mol. The predicted molar refractivity (Wildman–Crippen MR) is 96.3 cm³/mol. The zero-order valence-electron chi connectivity index (χ0n) is 14.1. The van der Waals surface area contributed by atoms with Crippen molar-refractivity contribution in [3.05, 3.63) is 72.7 Å². The zero-order chi connectivity index (χ0) is 17.9. The van der Waals surface area contributed by atoms with Crippen LogP contribution in [0.2, 0.25) is 0 Å². The number of aromatic nitrogens is 5. The van der Waals surface area contributed by atoms with Crippen molar-refractivity contribution < 1.29 is 9.84 Å². The van der Waals surface area contributed by atoms with E-state index in [9.17, 15) is 5.11 Å². The Labute approximate surface area is 150 Å². The molecule has 7 heteroatoms. The van der Waals surface area contributed by atoms with Gasteiger partial charge in [0.1, 0.15) is 17.2 Å². The lowest BCUT2D eigenvalue weighted by Crippen LogP contribution is -1.99. The lowest BCUT2D eigenvalue weighted by atomic mass is 10.1. The first-order chi connectivity index (χ1) is 12.7. The van der Waals surface area contributed by atoms with Crippen LogP contribution in [0.4, 0.5) is 0 Å². The number of benzene rings is 2. The summed E-state index contributed by atoms with van der Waals surface area (Å²) in [6.45, 7) is 0.551. The highest BCUT2D eigenvalue weighted by Gasteiger charge is 2.07. The van der Waals surface area contributed by atoms with Crippen molar-refractivity contribution in [2.24, 2.45) is 0 Å². The SMILES string of the molecule is COc1cccc(-n2cc(Cn3cc(-c4cccc(O)c4)nn3)cn2)c1. The molecular weight excluding hydrogens is 330 g/mol. The first-order valence-corrected chi connectivity index (χ1v) is 8.09. The smallest absolute Gasteiger partial charge is 0.121 e. The number of ether oxygens (including phenoxy) is 1. The lowest BCUT2D eigenvalue weighted by Gasteiger charge is -2.04. The largest absolute Gasteiger partial charge is 0.508 e. The topological polar surface area (TPSA) is 78.0 Å². The van der Waals surface area contributed by atoms with Gasteiger partial charge in [0.2, 0.25) is 0 Å². The number of aromatic hydroxyl groups is 1. The van der Waals surface area contributed by atoms with E-state index in [1.54, 1.807) is 40.9 Å². The van der Waals surface area contributed by atoms with Gasteiger partial charge in [-0.1, -0.05) is 23.4 Å². The number of phenols is 1. The van der Waals surface area contributed by atoms with Crippen LogP contribution in [0, 0.1) is 0 Å². The summed E-state index contributed by atoms with van der Waals surface area (Å²) in [7, 11) is 1.64. The molecule has 1 N–H and O–H groups in total. The fourth-order valence-corrected chi connectivity index (χ4v) is 2.70. The first-order valence-electron chi connectivity index (χ1n) is 8.09. The van der Waals surface area contributed by atoms with E-state index in [4.69, 9.17) is 4.74 Å². The molecule has 0 aliphatic rings. The standard InChI is InChI=1S/C19H17N5O2/c1-26-18-7-3-5-16(9-18)24-12-14(10-20-24)11-23-13-19(21-22-23)15-4-2-6-17(25)8-15/h2-10,12-13,25H,11H2,1H3. The molecule has 4 rings (SSSR count). The van der Waals surface area contributed by atoms with Gasteiger partial charge in [0.05, 0.1) is 31.7 Å². The van der Waals surface area contributed by atoms with Gasteiger partial charge in [0, 0.05) is 23.4 Å². The van der Waals surface area contributed by atoms with Gasteiger partial charge in [-0.15, -0.1) is 5.10 Å². The van der Waals surface area contributed by atoms with E-state index >= 15 is 0 Å². The minimum absolute atomic E-state index is 0.205. The van der Waals surface area contributed by atoms with E-state index < -0.39 is 0 Å². The molecule has 0 atom stereocenters. The minimum atomic E-state index is 0.205. The van der Waals surface area contributed by atoms with Gasteiger partial charge < -0.3 is 9.84 Å². The Kier molecular flexibility index (Phi) is 4.10. The van der Waals surface area contributed by atoms with Gasteiger partial charge in [0.15, 0.2) is 0 Å². The molecule has 0 saturated heterocycles. The molecule has 2 aromatic carbocycles. The predicted octanol–water partition coefficient (Wildman–Crippen LogP) is 2.89. The molecule has 0 fully saturated rings. The molecule has 7 nitrogen and oxygen atoms in total. The van der Waals surface area contributed by atoms with Gasteiger partial charge in [-0.3, -0.25) is 0 Å². The van der Waals surface area contributed by atoms with E-state index in [1.807, 2.05) is 42.7 Å². The third-order valence-corrected chi connectivity index (χ3v) is 3.98. The van der Waals surface area contributed by atoms with Gasteiger partial charge in [0.25, 0.3) is 0 Å². The number of nitrogens with zero attached hydrogens (tertiary/aromatic N) is 5. The van der Waals surface area contributed by atoms with E-state index in [0.29, 0.717) is 12.2 Å². The van der Waals surface area contributed by atoms with Crippen LogP contribution in [0.25, 0.3) is 16.9 Å². The van der Waals surface area contributed by atoms with Crippen LogP contribution >= 0.6 is 0 Å². The summed E-state index contributed by atoms with van der Waals surface area (Å²) in [6.07, 6.45) is 5.59. The van der Waals surface area contributed by atoms with Gasteiger partial charge >= 0.3 is 0 Å². The average Bonchev–Trinajstić information content (AvgIpc) is 3.32. The van der Waals surface area contributed by atoms with Crippen molar-refractivity contribution in [3.63, 3.8) is 0 Å². The van der Waals surface area contributed by atoms with Crippen LogP contribution < -0.4 is 4.74 Å². The Bertz CT molecular complexity index is 1040. The van der Waals surface area contributed by atoms with Gasteiger partial charge in [-0.2, -0.15) is 5.10 Å². The molecule has 4 aromatic rings. The second-order valence-electron chi connectivity index (χ2n) is 5.85. The third kappa shape index (κ3) is 3.27. The minimum Gasteiger partial charge on any atom is -0.508 e. The quantitative estimate of drug-likeness (QED) is 0.601. The molecule has 0 spiro atoms. The van der Waals surface area contributed by atoms with Crippen LogP contribution in [-0.2, 0) is 6.54 Å². The number of hydrogen-bond acceptors (Lipinski definition) is 5. The number of methoxy groups -OCH3 is 1. The highest BCUT2D eigenvalue weighted by Crippen LogP contribution is 2.21. The number of hydrogen-bond donors (Lipinski definition) is 1. The molecule has 2 aromatic heterocycles. The molecular formula is C19H17N5O2. The van der Waals surface area contributed by atoms with Crippen molar-refractivity contribution in [2.75, 3.05) is 7.11 Å². The van der Waals surface area contributed by atoms with Crippen molar-refractivity contribution in [1.29, 1.82) is 0 Å². The van der Waals surface area contributed by atoms with Crippen molar-refractivity contribution in [3.8, 4) is 28.4 Å². The molecule has 26 heavy (non-hydrogen) atoms. The maximum Gasteiger partial charge on any atom is 0.121 e. The van der Waals surface area contributed by atoms with Gasteiger partial charge in [-0.25, -0.2) is 9.36 Å². The Morgan fingerprint density at radius 1 is 1.08 bits per heavy atom. The Morgan fingerprint density at radius 3 is 2.81 bits per heavy atom. The molecule has 0 aliphatic carbocycles. The second kappa shape index (κ2) is 6.72. The fourth-order valence-electron chi connectivity index (χ4n) is 2.70. The lowest BCUT2D eigenvalue weighted by molar-refractivity contribution is 0.414. The molecule has 0 bridgehead atoms. The molecule has 130 valence electrons. The van der Waals surface area contributed by atoms with E-state index in [2.05, 4.69) is 15.4 Å². The molecule has 0 unspecified atom stereocenters. The van der Waals surface area contributed by atoms with Crippen molar-refractivity contribution in [1.82, 2.24) is 24.8 Å². The van der Waals surface area contributed by atoms with E-state index in [-0.39, 0.29) is 5.75 Å². The fraction of sp³-hybridized carbons (Fsp3) is 0.105. The maximum atomic E-state index is 9.59. The maximum absolute atomic E-state index is 9.59. The first kappa shape index (κ1) is 15.9. The molecule has 0 aliphatic heterocycles. The van der Waals surface area contributed by atoms with Crippen molar-refractivity contribution in [2.45, 2.75) is 6.54 Å². The van der Waals surface area contributed by atoms with Crippen LogP contribution in [0.3, 0.4) is 0 Å². The Balaban J connectivity index is 1.53. The van der Waals surface area contributed by atoms with Crippen molar-refractivity contribution >= 4 is 0 Å². The van der Waals surface area contributed by atoms with Crippen LogP contribution in [-0.4, -0.2) is 37.0 Å².